The van der Waals surface area contributed by atoms with Crippen LogP contribution in [-0.4, -0.2) is 24.0 Å². The molecular weight excluding hydrogens is 212 g/mol. The predicted octanol–water partition coefficient (Wildman–Crippen LogP) is 2.62. The molecule has 1 aliphatic carbocycles. The van der Waals surface area contributed by atoms with Crippen molar-refractivity contribution >= 4 is 0 Å². The van der Waals surface area contributed by atoms with Crippen molar-refractivity contribution in [2.24, 2.45) is 11.7 Å². The largest absolute Gasteiger partial charge is 0.468 e. The van der Waals surface area contributed by atoms with Crippen molar-refractivity contribution in [1.29, 1.82) is 0 Å². The first-order valence-electron chi connectivity index (χ1n) is 6.64. The van der Waals surface area contributed by atoms with Gasteiger partial charge in [0.15, 0.2) is 0 Å². The molecule has 0 radical (unpaired) electrons. The lowest BCUT2D eigenvalue weighted by atomic mass is 9.93. The van der Waals surface area contributed by atoms with Gasteiger partial charge < -0.3 is 10.2 Å². The normalized spacial score (nSPS) is 29.1. The predicted molar refractivity (Wildman–Crippen MR) is 69.6 cm³/mol. The highest BCUT2D eigenvalue weighted by atomic mass is 16.3. The summed E-state index contributed by atoms with van der Waals surface area (Å²) in [6.45, 7) is 3.89. The molecule has 1 heterocycles. The van der Waals surface area contributed by atoms with Gasteiger partial charge in [-0.3, -0.25) is 4.90 Å². The molecule has 0 bridgehead atoms. The molecule has 0 amide bonds. The maximum absolute atomic E-state index is 6.04. The molecule has 2 unspecified atom stereocenters. The highest BCUT2D eigenvalue weighted by Gasteiger charge is 2.40. The summed E-state index contributed by atoms with van der Waals surface area (Å²) in [5.74, 6) is 1.87. The second-order valence-electron chi connectivity index (χ2n) is 5.38. The summed E-state index contributed by atoms with van der Waals surface area (Å²) in [6, 6.07) is 3.98. The molecule has 2 atom stereocenters. The second kappa shape index (κ2) is 5.23. The molecule has 2 N–H and O–H groups in total. The van der Waals surface area contributed by atoms with Gasteiger partial charge in [-0.15, -0.1) is 0 Å². The molecule has 1 fully saturated rings. The molecule has 1 aromatic rings. The second-order valence-corrected chi connectivity index (χ2v) is 5.38. The minimum Gasteiger partial charge on any atom is -0.468 e. The summed E-state index contributed by atoms with van der Waals surface area (Å²) in [6.07, 6.45) is 6.78. The van der Waals surface area contributed by atoms with Crippen LogP contribution in [-0.2, 0) is 6.54 Å². The number of hydrogen-bond donors (Lipinski definition) is 1. The average Bonchev–Trinajstić information content (AvgIpc) is 2.97. The van der Waals surface area contributed by atoms with E-state index in [0.717, 1.165) is 24.8 Å². The van der Waals surface area contributed by atoms with Gasteiger partial charge in [0, 0.05) is 12.1 Å². The number of hydrogen-bond acceptors (Lipinski definition) is 3. The Labute approximate surface area is 104 Å². The average molecular weight is 236 g/mol. The lowest BCUT2D eigenvalue weighted by molar-refractivity contribution is 0.110. The maximum Gasteiger partial charge on any atom is 0.117 e. The van der Waals surface area contributed by atoms with Crippen molar-refractivity contribution in [3.63, 3.8) is 0 Å². The Balaban J connectivity index is 2.03. The van der Waals surface area contributed by atoms with Crippen molar-refractivity contribution in [3.8, 4) is 0 Å². The first-order valence-corrected chi connectivity index (χ1v) is 6.64. The summed E-state index contributed by atoms with van der Waals surface area (Å²) in [4.78, 5) is 2.39. The summed E-state index contributed by atoms with van der Waals surface area (Å²) in [7, 11) is 2.17. The smallest absolute Gasteiger partial charge is 0.117 e. The Morgan fingerprint density at radius 3 is 2.94 bits per heavy atom. The molecular formula is C14H24N2O. The van der Waals surface area contributed by atoms with E-state index >= 15 is 0 Å². The van der Waals surface area contributed by atoms with Gasteiger partial charge in [0.1, 0.15) is 5.76 Å². The molecule has 2 rings (SSSR count). The van der Waals surface area contributed by atoms with Gasteiger partial charge in [0.05, 0.1) is 12.8 Å². The zero-order chi connectivity index (χ0) is 12.3. The molecule has 0 aliphatic heterocycles. The Morgan fingerprint density at radius 1 is 1.59 bits per heavy atom. The number of likely N-dealkylation sites (N-methyl/N-ethyl adjacent to an activating group) is 1. The van der Waals surface area contributed by atoms with E-state index in [1.807, 2.05) is 12.1 Å². The van der Waals surface area contributed by atoms with E-state index in [-0.39, 0.29) is 5.54 Å². The molecule has 1 saturated carbocycles. The van der Waals surface area contributed by atoms with E-state index in [0.29, 0.717) is 0 Å². The highest BCUT2D eigenvalue weighted by Crippen LogP contribution is 2.39. The van der Waals surface area contributed by atoms with Crippen LogP contribution in [0.2, 0.25) is 0 Å². The van der Waals surface area contributed by atoms with Crippen molar-refractivity contribution < 1.29 is 4.42 Å². The Bertz CT molecular complexity index is 336. The quantitative estimate of drug-likeness (QED) is 0.854. The van der Waals surface area contributed by atoms with E-state index in [9.17, 15) is 0 Å². The third-order valence-corrected chi connectivity index (χ3v) is 4.43. The summed E-state index contributed by atoms with van der Waals surface area (Å²) < 4.78 is 5.42. The Kier molecular flexibility index (Phi) is 3.89. The van der Waals surface area contributed by atoms with Crippen LogP contribution in [0.1, 0.15) is 38.4 Å². The fraction of sp³-hybridized carbons (Fsp3) is 0.714. The van der Waals surface area contributed by atoms with Crippen LogP contribution in [0.15, 0.2) is 22.8 Å². The van der Waals surface area contributed by atoms with E-state index < -0.39 is 0 Å². The standard InChI is InChI=1S/C14H24N2O/c1-3-12-6-7-14(9-12,11-15)16(2)10-13-5-4-8-17-13/h4-5,8,12H,3,6-7,9-11,15H2,1-2H3. The molecule has 1 aromatic heterocycles. The fourth-order valence-corrected chi connectivity index (χ4v) is 3.05. The minimum atomic E-state index is 0.188. The van der Waals surface area contributed by atoms with Crippen molar-refractivity contribution in [2.45, 2.75) is 44.7 Å². The van der Waals surface area contributed by atoms with Gasteiger partial charge in [0.2, 0.25) is 0 Å². The highest BCUT2D eigenvalue weighted by molar-refractivity contribution is 5.03. The number of rotatable bonds is 5. The molecule has 0 saturated heterocycles. The third-order valence-electron chi connectivity index (χ3n) is 4.43. The lowest BCUT2D eigenvalue weighted by Crippen LogP contribution is -2.49. The number of nitrogens with two attached hydrogens (primary N) is 1. The monoisotopic (exact) mass is 236 g/mol. The molecule has 17 heavy (non-hydrogen) atoms. The van der Waals surface area contributed by atoms with Gasteiger partial charge in [-0.1, -0.05) is 13.3 Å². The van der Waals surface area contributed by atoms with Gasteiger partial charge in [-0.05, 0) is 44.4 Å². The molecule has 3 nitrogen and oxygen atoms in total. The summed E-state index contributed by atoms with van der Waals surface area (Å²) in [5.41, 5.74) is 6.23. The lowest BCUT2D eigenvalue weighted by Gasteiger charge is -2.37. The van der Waals surface area contributed by atoms with E-state index in [1.54, 1.807) is 6.26 Å². The van der Waals surface area contributed by atoms with Crippen LogP contribution in [0.5, 0.6) is 0 Å². The van der Waals surface area contributed by atoms with Crippen LogP contribution in [0.4, 0.5) is 0 Å². The van der Waals surface area contributed by atoms with Gasteiger partial charge in [-0.2, -0.15) is 0 Å². The van der Waals surface area contributed by atoms with Gasteiger partial charge >= 0.3 is 0 Å². The molecule has 1 aliphatic rings. The Hall–Kier alpha value is -0.800. The number of furan rings is 1. The minimum absolute atomic E-state index is 0.188. The van der Waals surface area contributed by atoms with Crippen molar-refractivity contribution in [1.82, 2.24) is 4.90 Å². The molecule has 96 valence electrons. The van der Waals surface area contributed by atoms with Crippen LogP contribution in [0.3, 0.4) is 0 Å². The van der Waals surface area contributed by atoms with Crippen molar-refractivity contribution in [2.75, 3.05) is 13.6 Å². The van der Waals surface area contributed by atoms with E-state index in [4.69, 9.17) is 10.2 Å². The molecule has 0 spiro atoms. The van der Waals surface area contributed by atoms with E-state index in [1.165, 1.54) is 25.7 Å². The zero-order valence-electron chi connectivity index (χ0n) is 11.0. The van der Waals surface area contributed by atoms with Crippen LogP contribution in [0.25, 0.3) is 0 Å². The SMILES string of the molecule is CCC1CCC(CN)(N(C)Cc2ccco2)C1. The zero-order valence-corrected chi connectivity index (χ0v) is 11.0. The van der Waals surface area contributed by atoms with Crippen LogP contribution in [0, 0.1) is 5.92 Å². The molecule has 3 heteroatoms. The molecule has 0 aromatic carbocycles. The van der Waals surface area contributed by atoms with Gasteiger partial charge in [-0.25, -0.2) is 0 Å². The van der Waals surface area contributed by atoms with Crippen molar-refractivity contribution in [3.05, 3.63) is 24.2 Å². The Morgan fingerprint density at radius 2 is 2.41 bits per heavy atom. The van der Waals surface area contributed by atoms with E-state index in [2.05, 4.69) is 18.9 Å². The summed E-state index contributed by atoms with van der Waals surface area (Å²) >= 11 is 0. The summed E-state index contributed by atoms with van der Waals surface area (Å²) in [5, 5.41) is 0. The van der Waals surface area contributed by atoms with Crippen LogP contribution < -0.4 is 5.73 Å². The fourth-order valence-electron chi connectivity index (χ4n) is 3.05. The third kappa shape index (κ3) is 2.55. The van der Waals surface area contributed by atoms with Crippen LogP contribution >= 0.6 is 0 Å². The van der Waals surface area contributed by atoms with Gasteiger partial charge in [0.25, 0.3) is 0 Å². The topological polar surface area (TPSA) is 42.4 Å². The maximum atomic E-state index is 6.04. The first-order chi connectivity index (χ1) is 8.20. The number of nitrogens with zero attached hydrogens (tertiary/aromatic N) is 1. The first kappa shape index (κ1) is 12.7.